The van der Waals surface area contributed by atoms with Crippen molar-refractivity contribution in [3.63, 3.8) is 0 Å². The zero-order valence-corrected chi connectivity index (χ0v) is 18.0. The number of nitrogens with one attached hydrogen (secondary N) is 1. The molecule has 1 atom stereocenters. The van der Waals surface area contributed by atoms with E-state index in [2.05, 4.69) is 20.4 Å². The van der Waals surface area contributed by atoms with E-state index in [9.17, 15) is 9.59 Å². The number of morpholine rings is 1. The third-order valence-electron chi connectivity index (χ3n) is 5.26. The predicted octanol–water partition coefficient (Wildman–Crippen LogP) is 1.99. The van der Waals surface area contributed by atoms with Gasteiger partial charge in [0.15, 0.2) is 5.16 Å². The number of rotatable bonds is 5. The molecule has 2 aliphatic rings. The Labute approximate surface area is 179 Å². The molecule has 0 spiro atoms. The number of anilines is 3. The Morgan fingerprint density at radius 1 is 1.27 bits per heavy atom. The highest BCUT2D eigenvalue weighted by Gasteiger charge is 2.30. The standard InChI is InChI=1S/C20H26N6O3S/c1-3-25-19(24-8-10-29-11-9-24)22-23-20(25)30-13-18(28)26-14(2)12-17(27)21-15-6-4-5-7-16(15)26/h4-7,14H,3,8-13H2,1-2H3,(H,21,27). The van der Waals surface area contributed by atoms with Gasteiger partial charge in [0.25, 0.3) is 0 Å². The van der Waals surface area contributed by atoms with Crippen molar-refractivity contribution in [3.8, 4) is 0 Å². The number of fused-ring (bicyclic) bond motifs is 1. The quantitative estimate of drug-likeness (QED) is 0.725. The van der Waals surface area contributed by atoms with Crippen LogP contribution in [0.5, 0.6) is 0 Å². The third-order valence-corrected chi connectivity index (χ3v) is 6.21. The maximum atomic E-state index is 13.2. The SMILES string of the molecule is CCn1c(SCC(=O)N2c3ccccc3NC(=O)CC2C)nnc1N1CCOCC1. The first-order valence-electron chi connectivity index (χ1n) is 10.2. The van der Waals surface area contributed by atoms with Gasteiger partial charge in [0, 0.05) is 32.1 Å². The predicted molar refractivity (Wildman–Crippen MR) is 116 cm³/mol. The highest BCUT2D eigenvalue weighted by atomic mass is 32.2. The van der Waals surface area contributed by atoms with Gasteiger partial charge in [-0.05, 0) is 26.0 Å². The molecule has 2 amide bonds. The summed E-state index contributed by atoms with van der Waals surface area (Å²) in [6.45, 7) is 7.58. The second kappa shape index (κ2) is 9.05. The topological polar surface area (TPSA) is 92.6 Å². The fourth-order valence-electron chi connectivity index (χ4n) is 3.83. The summed E-state index contributed by atoms with van der Waals surface area (Å²) in [6, 6.07) is 7.18. The minimum absolute atomic E-state index is 0.0602. The Bertz CT molecular complexity index is 927. The Kier molecular flexibility index (Phi) is 6.24. The van der Waals surface area contributed by atoms with E-state index in [0.29, 0.717) is 18.9 Å². The number of hydrogen-bond acceptors (Lipinski definition) is 7. The molecule has 1 unspecified atom stereocenters. The first-order chi connectivity index (χ1) is 14.6. The lowest BCUT2D eigenvalue weighted by molar-refractivity contribution is -0.117. The number of amides is 2. The van der Waals surface area contributed by atoms with Gasteiger partial charge in [-0.15, -0.1) is 10.2 Å². The Balaban J connectivity index is 1.51. The van der Waals surface area contributed by atoms with Gasteiger partial charge in [0.1, 0.15) is 0 Å². The van der Waals surface area contributed by atoms with E-state index >= 15 is 0 Å². The fourth-order valence-corrected chi connectivity index (χ4v) is 4.68. The van der Waals surface area contributed by atoms with Crippen molar-refractivity contribution < 1.29 is 14.3 Å². The molecule has 0 radical (unpaired) electrons. The van der Waals surface area contributed by atoms with Gasteiger partial charge < -0.3 is 19.9 Å². The smallest absolute Gasteiger partial charge is 0.237 e. The van der Waals surface area contributed by atoms with Crippen LogP contribution < -0.4 is 15.1 Å². The van der Waals surface area contributed by atoms with Crippen molar-refractivity contribution in [1.29, 1.82) is 0 Å². The van der Waals surface area contributed by atoms with Gasteiger partial charge in [-0.2, -0.15) is 0 Å². The van der Waals surface area contributed by atoms with E-state index in [-0.39, 0.29) is 30.0 Å². The molecule has 2 aromatic rings. The van der Waals surface area contributed by atoms with Gasteiger partial charge in [0.2, 0.25) is 17.8 Å². The molecule has 1 aromatic heterocycles. The van der Waals surface area contributed by atoms with Crippen LogP contribution in [0.1, 0.15) is 20.3 Å². The van der Waals surface area contributed by atoms with E-state index < -0.39 is 0 Å². The first kappa shape index (κ1) is 20.7. The van der Waals surface area contributed by atoms with E-state index in [1.165, 1.54) is 11.8 Å². The van der Waals surface area contributed by atoms with Crippen molar-refractivity contribution in [3.05, 3.63) is 24.3 Å². The summed E-state index contributed by atoms with van der Waals surface area (Å²) in [6.07, 6.45) is 0.261. The minimum atomic E-state index is -0.227. The van der Waals surface area contributed by atoms with Crippen LogP contribution in [-0.2, 0) is 20.9 Å². The van der Waals surface area contributed by atoms with Gasteiger partial charge >= 0.3 is 0 Å². The fraction of sp³-hybridized carbons (Fsp3) is 0.500. The number of thioether (sulfide) groups is 1. The first-order valence-corrected chi connectivity index (χ1v) is 11.2. The molecule has 0 saturated carbocycles. The molecule has 0 bridgehead atoms. The summed E-state index contributed by atoms with van der Waals surface area (Å²) >= 11 is 1.38. The summed E-state index contributed by atoms with van der Waals surface area (Å²) in [5.41, 5.74) is 1.39. The molecule has 10 heteroatoms. The number of nitrogens with zero attached hydrogens (tertiary/aromatic N) is 5. The molecule has 160 valence electrons. The molecule has 2 aliphatic heterocycles. The van der Waals surface area contributed by atoms with Crippen LogP contribution in [0.4, 0.5) is 17.3 Å². The monoisotopic (exact) mass is 430 g/mol. The van der Waals surface area contributed by atoms with Gasteiger partial charge in [-0.3, -0.25) is 14.2 Å². The number of benzene rings is 1. The van der Waals surface area contributed by atoms with Crippen LogP contribution in [0.2, 0.25) is 0 Å². The van der Waals surface area contributed by atoms with E-state index in [1.807, 2.05) is 42.7 Å². The number of hydrogen-bond donors (Lipinski definition) is 1. The maximum absolute atomic E-state index is 13.2. The summed E-state index contributed by atoms with van der Waals surface area (Å²) < 4.78 is 7.46. The highest BCUT2D eigenvalue weighted by molar-refractivity contribution is 7.99. The summed E-state index contributed by atoms with van der Waals surface area (Å²) in [5, 5.41) is 12.3. The van der Waals surface area contributed by atoms with Crippen molar-refractivity contribution in [2.24, 2.45) is 0 Å². The van der Waals surface area contributed by atoms with Crippen molar-refractivity contribution in [2.45, 2.75) is 38.0 Å². The Hall–Kier alpha value is -2.59. The summed E-state index contributed by atoms with van der Waals surface area (Å²) in [7, 11) is 0. The van der Waals surface area contributed by atoms with Crippen molar-refractivity contribution >= 4 is 40.9 Å². The van der Waals surface area contributed by atoms with Crippen LogP contribution in [0, 0.1) is 0 Å². The molecule has 0 aliphatic carbocycles. The maximum Gasteiger partial charge on any atom is 0.237 e. The summed E-state index contributed by atoms with van der Waals surface area (Å²) in [5.74, 6) is 0.890. The molecule has 30 heavy (non-hydrogen) atoms. The third kappa shape index (κ3) is 4.15. The van der Waals surface area contributed by atoms with Crippen LogP contribution in [-0.4, -0.2) is 64.7 Å². The molecule has 4 rings (SSSR count). The number of carbonyl (C=O) groups excluding carboxylic acids is 2. The number of ether oxygens (including phenoxy) is 1. The van der Waals surface area contributed by atoms with Crippen LogP contribution in [0.15, 0.2) is 29.4 Å². The van der Waals surface area contributed by atoms with E-state index in [4.69, 9.17) is 4.74 Å². The molecule has 1 saturated heterocycles. The lowest BCUT2D eigenvalue weighted by Gasteiger charge is -2.28. The van der Waals surface area contributed by atoms with Gasteiger partial charge in [0.05, 0.1) is 30.3 Å². The van der Waals surface area contributed by atoms with Crippen LogP contribution in [0.25, 0.3) is 0 Å². The molecule has 1 N–H and O–H groups in total. The second-order valence-corrected chi connectivity index (χ2v) is 8.24. The normalized spacial score (nSPS) is 19.3. The van der Waals surface area contributed by atoms with Gasteiger partial charge in [-0.25, -0.2) is 0 Å². The summed E-state index contributed by atoms with van der Waals surface area (Å²) in [4.78, 5) is 29.2. The zero-order chi connectivity index (χ0) is 21.1. The van der Waals surface area contributed by atoms with Crippen molar-refractivity contribution in [1.82, 2.24) is 14.8 Å². The minimum Gasteiger partial charge on any atom is -0.378 e. The molecular formula is C20H26N6O3S. The molecule has 3 heterocycles. The van der Waals surface area contributed by atoms with Gasteiger partial charge in [-0.1, -0.05) is 23.9 Å². The Morgan fingerprint density at radius 3 is 2.80 bits per heavy atom. The number of carbonyl (C=O) groups is 2. The molecule has 1 aromatic carbocycles. The lowest BCUT2D eigenvalue weighted by atomic mass is 10.2. The second-order valence-electron chi connectivity index (χ2n) is 7.30. The molecule has 1 fully saturated rings. The number of para-hydroxylation sites is 2. The lowest BCUT2D eigenvalue weighted by Crippen LogP contribution is -2.40. The van der Waals surface area contributed by atoms with E-state index in [1.54, 1.807) is 4.90 Å². The molecular weight excluding hydrogens is 404 g/mol. The largest absolute Gasteiger partial charge is 0.378 e. The zero-order valence-electron chi connectivity index (χ0n) is 17.2. The average Bonchev–Trinajstić information content (AvgIpc) is 3.11. The van der Waals surface area contributed by atoms with Crippen LogP contribution in [0.3, 0.4) is 0 Å². The number of aromatic nitrogens is 3. The average molecular weight is 431 g/mol. The highest BCUT2D eigenvalue weighted by Crippen LogP contribution is 2.32. The van der Waals surface area contributed by atoms with Crippen LogP contribution >= 0.6 is 11.8 Å². The molecule has 9 nitrogen and oxygen atoms in total. The Morgan fingerprint density at radius 2 is 2.03 bits per heavy atom. The van der Waals surface area contributed by atoms with E-state index in [0.717, 1.165) is 36.4 Å². The van der Waals surface area contributed by atoms with Crippen molar-refractivity contribution in [2.75, 3.05) is 47.2 Å².